The molecule has 1 aliphatic rings. The van der Waals surface area contributed by atoms with Crippen LogP contribution in [0.25, 0.3) is 0 Å². The maximum absolute atomic E-state index is 11.3. The first-order valence-electron chi connectivity index (χ1n) is 5.49. The molecule has 1 fully saturated rings. The second-order valence-corrected chi connectivity index (χ2v) is 7.07. The van der Waals surface area contributed by atoms with E-state index in [9.17, 15) is 8.42 Å². The van der Waals surface area contributed by atoms with E-state index in [1.165, 1.54) is 0 Å². The summed E-state index contributed by atoms with van der Waals surface area (Å²) in [5.74, 6) is 1.98. The Kier molecular flexibility index (Phi) is 3.67. The molecule has 17 heavy (non-hydrogen) atoms. The SMILES string of the molecule is CCc1nc(Br)cc(N2CCS(=O)(=O)CC2)n1. The van der Waals surface area contributed by atoms with E-state index in [0.29, 0.717) is 13.1 Å². The van der Waals surface area contributed by atoms with Crippen LogP contribution in [0.15, 0.2) is 10.7 Å². The fraction of sp³-hybridized carbons (Fsp3) is 0.600. The van der Waals surface area contributed by atoms with Crippen LogP contribution in [0.3, 0.4) is 0 Å². The van der Waals surface area contributed by atoms with E-state index in [2.05, 4.69) is 25.9 Å². The van der Waals surface area contributed by atoms with E-state index in [0.717, 1.165) is 22.7 Å². The Bertz CT molecular complexity index is 504. The number of anilines is 1. The normalized spacial score (nSPS) is 19.3. The zero-order chi connectivity index (χ0) is 12.5. The second-order valence-electron chi connectivity index (χ2n) is 3.96. The third kappa shape index (κ3) is 3.16. The third-order valence-electron chi connectivity index (χ3n) is 2.71. The van der Waals surface area contributed by atoms with Gasteiger partial charge >= 0.3 is 0 Å². The summed E-state index contributed by atoms with van der Waals surface area (Å²) >= 11 is 3.35. The van der Waals surface area contributed by atoms with Crippen molar-refractivity contribution < 1.29 is 8.42 Å². The quantitative estimate of drug-likeness (QED) is 0.762. The first-order valence-corrected chi connectivity index (χ1v) is 8.10. The minimum Gasteiger partial charge on any atom is -0.354 e. The van der Waals surface area contributed by atoms with E-state index >= 15 is 0 Å². The molecule has 0 amide bonds. The van der Waals surface area contributed by atoms with Crippen molar-refractivity contribution in [1.82, 2.24) is 9.97 Å². The van der Waals surface area contributed by atoms with Crippen LogP contribution in [0.5, 0.6) is 0 Å². The highest BCUT2D eigenvalue weighted by Gasteiger charge is 2.22. The molecule has 0 atom stereocenters. The molecule has 1 aromatic heterocycles. The van der Waals surface area contributed by atoms with Crippen molar-refractivity contribution >= 4 is 31.6 Å². The predicted molar refractivity (Wildman–Crippen MR) is 70.0 cm³/mol. The first-order chi connectivity index (χ1) is 8.00. The molecule has 0 unspecified atom stereocenters. The molecule has 2 heterocycles. The Labute approximate surface area is 109 Å². The van der Waals surface area contributed by atoms with Crippen molar-refractivity contribution in [3.63, 3.8) is 0 Å². The average Bonchev–Trinajstić information content (AvgIpc) is 2.28. The molecule has 0 aromatic carbocycles. The van der Waals surface area contributed by atoms with Crippen LogP contribution in [-0.2, 0) is 16.3 Å². The van der Waals surface area contributed by atoms with E-state index in [1.807, 2.05) is 17.9 Å². The number of rotatable bonds is 2. The zero-order valence-corrected chi connectivity index (χ0v) is 12.0. The molecule has 1 aromatic rings. The Morgan fingerprint density at radius 2 is 2.00 bits per heavy atom. The van der Waals surface area contributed by atoms with E-state index < -0.39 is 9.84 Å². The third-order valence-corrected chi connectivity index (χ3v) is 4.73. The summed E-state index contributed by atoms with van der Waals surface area (Å²) in [6, 6.07) is 1.83. The molecular formula is C10H14BrN3O2S. The van der Waals surface area contributed by atoms with Gasteiger partial charge in [0.2, 0.25) is 0 Å². The molecular weight excluding hydrogens is 306 g/mol. The van der Waals surface area contributed by atoms with Crippen LogP contribution in [-0.4, -0.2) is 43.0 Å². The van der Waals surface area contributed by atoms with Gasteiger partial charge in [-0.1, -0.05) is 6.92 Å². The lowest BCUT2D eigenvalue weighted by Crippen LogP contribution is -2.40. The maximum atomic E-state index is 11.3. The van der Waals surface area contributed by atoms with Gasteiger partial charge in [0.05, 0.1) is 11.5 Å². The van der Waals surface area contributed by atoms with E-state index in [1.54, 1.807) is 0 Å². The van der Waals surface area contributed by atoms with E-state index in [4.69, 9.17) is 0 Å². The van der Waals surface area contributed by atoms with Crippen LogP contribution >= 0.6 is 15.9 Å². The summed E-state index contributed by atoms with van der Waals surface area (Å²) in [5.41, 5.74) is 0. The highest BCUT2D eigenvalue weighted by molar-refractivity contribution is 9.10. The van der Waals surface area contributed by atoms with Crippen LogP contribution < -0.4 is 4.90 Å². The molecule has 0 radical (unpaired) electrons. The monoisotopic (exact) mass is 319 g/mol. The lowest BCUT2D eigenvalue weighted by atomic mass is 10.4. The summed E-state index contributed by atoms with van der Waals surface area (Å²) in [5, 5.41) is 0. The fourth-order valence-corrected chi connectivity index (χ4v) is 3.32. The number of aryl methyl sites for hydroxylation is 1. The van der Waals surface area contributed by atoms with Gasteiger partial charge in [0.15, 0.2) is 9.84 Å². The van der Waals surface area contributed by atoms with Gasteiger partial charge in [-0.25, -0.2) is 18.4 Å². The summed E-state index contributed by atoms with van der Waals surface area (Å²) in [6.07, 6.45) is 0.762. The molecule has 5 nitrogen and oxygen atoms in total. The number of nitrogens with zero attached hydrogens (tertiary/aromatic N) is 3. The molecule has 2 rings (SSSR count). The minimum atomic E-state index is -2.85. The van der Waals surface area contributed by atoms with Gasteiger partial charge in [-0.15, -0.1) is 0 Å². The maximum Gasteiger partial charge on any atom is 0.153 e. The summed E-state index contributed by atoms with van der Waals surface area (Å²) in [6.45, 7) is 3.01. The number of hydrogen-bond donors (Lipinski definition) is 0. The predicted octanol–water partition coefficient (Wildman–Crippen LogP) is 1.04. The van der Waals surface area contributed by atoms with Crippen molar-refractivity contribution in [3.05, 3.63) is 16.5 Å². The van der Waals surface area contributed by atoms with Crippen molar-refractivity contribution in [2.45, 2.75) is 13.3 Å². The molecule has 1 saturated heterocycles. The molecule has 94 valence electrons. The summed E-state index contributed by atoms with van der Waals surface area (Å²) in [7, 11) is -2.85. The summed E-state index contributed by atoms with van der Waals surface area (Å²) in [4.78, 5) is 10.6. The van der Waals surface area contributed by atoms with Gasteiger partial charge in [-0.2, -0.15) is 0 Å². The number of hydrogen-bond acceptors (Lipinski definition) is 5. The van der Waals surface area contributed by atoms with Crippen LogP contribution in [0.2, 0.25) is 0 Å². The number of sulfone groups is 1. The van der Waals surface area contributed by atoms with Crippen LogP contribution in [0.1, 0.15) is 12.7 Å². The van der Waals surface area contributed by atoms with Gasteiger partial charge in [-0.3, -0.25) is 0 Å². The van der Waals surface area contributed by atoms with Gasteiger partial charge in [0, 0.05) is 25.6 Å². The molecule has 0 bridgehead atoms. The van der Waals surface area contributed by atoms with Crippen LogP contribution in [0.4, 0.5) is 5.82 Å². The largest absolute Gasteiger partial charge is 0.354 e. The fourth-order valence-electron chi connectivity index (χ4n) is 1.71. The molecule has 0 spiro atoms. The number of aromatic nitrogens is 2. The Balaban J connectivity index is 2.21. The van der Waals surface area contributed by atoms with E-state index in [-0.39, 0.29) is 11.5 Å². The van der Waals surface area contributed by atoms with Crippen molar-refractivity contribution in [3.8, 4) is 0 Å². The Morgan fingerprint density at radius 1 is 1.35 bits per heavy atom. The average molecular weight is 320 g/mol. The standard InChI is InChI=1S/C10H14BrN3O2S/c1-2-9-12-8(11)7-10(13-9)14-3-5-17(15,16)6-4-14/h7H,2-6H2,1H3. The zero-order valence-electron chi connectivity index (χ0n) is 9.56. The lowest BCUT2D eigenvalue weighted by Gasteiger charge is -2.27. The van der Waals surface area contributed by atoms with Crippen molar-refractivity contribution in [2.24, 2.45) is 0 Å². The lowest BCUT2D eigenvalue weighted by molar-refractivity contribution is 0.586. The van der Waals surface area contributed by atoms with Gasteiger partial charge < -0.3 is 4.90 Å². The molecule has 1 aliphatic heterocycles. The van der Waals surface area contributed by atoms with Gasteiger partial charge in [-0.05, 0) is 15.9 Å². The van der Waals surface area contributed by atoms with Gasteiger partial charge in [0.25, 0.3) is 0 Å². The molecule has 7 heteroatoms. The minimum absolute atomic E-state index is 0.204. The molecule has 0 aliphatic carbocycles. The molecule has 0 saturated carbocycles. The Hall–Kier alpha value is -0.690. The molecule has 0 N–H and O–H groups in total. The van der Waals surface area contributed by atoms with Crippen LogP contribution in [0, 0.1) is 0 Å². The number of halogens is 1. The highest BCUT2D eigenvalue weighted by atomic mass is 79.9. The summed E-state index contributed by atoms with van der Waals surface area (Å²) < 4.78 is 23.4. The van der Waals surface area contributed by atoms with Crippen molar-refractivity contribution in [2.75, 3.05) is 29.5 Å². The Morgan fingerprint density at radius 3 is 2.59 bits per heavy atom. The van der Waals surface area contributed by atoms with Gasteiger partial charge in [0.1, 0.15) is 16.2 Å². The second kappa shape index (κ2) is 4.89. The smallest absolute Gasteiger partial charge is 0.153 e. The topological polar surface area (TPSA) is 63.2 Å². The first kappa shape index (κ1) is 12.8. The highest BCUT2D eigenvalue weighted by Crippen LogP contribution is 2.19. The van der Waals surface area contributed by atoms with Crippen molar-refractivity contribution in [1.29, 1.82) is 0 Å².